The highest BCUT2D eigenvalue weighted by Gasteiger charge is 2.16. The number of benzene rings is 2. The van der Waals surface area contributed by atoms with E-state index in [0.29, 0.717) is 22.6 Å². The Bertz CT molecular complexity index is 911. The topological polar surface area (TPSA) is 58.2 Å². The number of anilines is 1. The number of carbonyl (C=O) groups is 2. The van der Waals surface area contributed by atoms with Crippen LogP contribution in [0.2, 0.25) is 0 Å². The molecule has 0 atom stereocenters. The Morgan fingerprint density at radius 1 is 1.00 bits per heavy atom. The van der Waals surface area contributed by atoms with Gasteiger partial charge in [0.2, 0.25) is 5.91 Å². The lowest BCUT2D eigenvalue weighted by atomic mass is 9.97. The molecule has 2 aromatic rings. The molecule has 156 valence electrons. The predicted molar refractivity (Wildman–Crippen MR) is 124 cm³/mol. The van der Waals surface area contributed by atoms with Crippen LogP contribution < -0.4 is 10.6 Å². The normalized spacial score (nSPS) is 14.8. The number of amides is 2. The molecule has 0 unspecified atom stereocenters. The van der Waals surface area contributed by atoms with Gasteiger partial charge in [0.1, 0.15) is 0 Å². The Morgan fingerprint density at radius 3 is 2.50 bits per heavy atom. The highest BCUT2D eigenvalue weighted by molar-refractivity contribution is 8.00. The molecule has 1 fully saturated rings. The lowest BCUT2D eigenvalue weighted by molar-refractivity contribution is -0.119. The first-order chi connectivity index (χ1) is 14.7. The minimum absolute atomic E-state index is 0.0301. The Kier molecular flexibility index (Phi) is 8.41. The van der Waals surface area contributed by atoms with Gasteiger partial charge in [-0.2, -0.15) is 0 Å². The second-order valence-corrected chi connectivity index (χ2v) is 8.59. The summed E-state index contributed by atoms with van der Waals surface area (Å²) in [5.74, 6) is 2.68. The van der Waals surface area contributed by atoms with E-state index in [1.165, 1.54) is 43.9 Å². The van der Waals surface area contributed by atoms with Gasteiger partial charge in [-0.15, -0.1) is 18.2 Å². The van der Waals surface area contributed by atoms with Gasteiger partial charge in [0.15, 0.2) is 0 Å². The van der Waals surface area contributed by atoms with Crippen molar-refractivity contribution in [1.82, 2.24) is 5.32 Å². The summed E-state index contributed by atoms with van der Waals surface area (Å²) in [5.41, 5.74) is 1.91. The fourth-order valence-electron chi connectivity index (χ4n) is 3.68. The van der Waals surface area contributed by atoms with Crippen molar-refractivity contribution >= 4 is 29.3 Å². The molecule has 2 N–H and O–H groups in total. The molecule has 0 radical (unpaired) electrons. The monoisotopic (exact) mass is 420 g/mol. The van der Waals surface area contributed by atoms with Gasteiger partial charge in [-0.1, -0.05) is 56.2 Å². The average molecular weight is 421 g/mol. The molecule has 0 heterocycles. The van der Waals surface area contributed by atoms with Crippen LogP contribution in [-0.2, 0) is 4.79 Å². The number of rotatable bonds is 6. The van der Waals surface area contributed by atoms with Gasteiger partial charge in [-0.25, -0.2) is 0 Å². The SMILES string of the molecule is C#Cc1cccc(NC(=O)c2ccccc2SCC(=O)NC2CCCCCCC2)c1. The van der Waals surface area contributed by atoms with Gasteiger partial charge in [0, 0.05) is 22.2 Å². The summed E-state index contributed by atoms with van der Waals surface area (Å²) < 4.78 is 0. The van der Waals surface area contributed by atoms with Crippen molar-refractivity contribution in [3.63, 3.8) is 0 Å². The van der Waals surface area contributed by atoms with Crippen molar-refractivity contribution in [1.29, 1.82) is 0 Å². The van der Waals surface area contributed by atoms with Gasteiger partial charge in [0.25, 0.3) is 5.91 Å². The standard InChI is InChI=1S/C25H28N2O2S/c1-2-19-11-10-14-21(17-19)27-25(29)22-15-8-9-16-23(22)30-18-24(28)26-20-12-6-4-3-5-7-13-20/h1,8-11,14-17,20H,3-7,12-13,18H2,(H,26,28)(H,27,29). The van der Waals surface area contributed by atoms with E-state index >= 15 is 0 Å². The van der Waals surface area contributed by atoms with Crippen LogP contribution in [0.5, 0.6) is 0 Å². The summed E-state index contributed by atoms with van der Waals surface area (Å²) in [4.78, 5) is 26.1. The lowest BCUT2D eigenvalue weighted by Crippen LogP contribution is -2.36. The molecule has 0 aliphatic heterocycles. The number of hydrogen-bond acceptors (Lipinski definition) is 3. The van der Waals surface area contributed by atoms with Gasteiger partial charge in [-0.3, -0.25) is 9.59 Å². The summed E-state index contributed by atoms with van der Waals surface area (Å²) >= 11 is 1.39. The van der Waals surface area contributed by atoms with Crippen LogP contribution >= 0.6 is 11.8 Å². The second kappa shape index (κ2) is 11.5. The molecule has 2 amide bonds. The third-order valence-electron chi connectivity index (χ3n) is 5.25. The van der Waals surface area contributed by atoms with Crippen molar-refractivity contribution in [3.05, 3.63) is 59.7 Å². The summed E-state index contributed by atoms with van der Waals surface area (Å²) in [6.07, 6.45) is 13.7. The Morgan fingerprint density at radius 2 is 1.73 bits per heavy atom. The van der Waals surface area contributed by atoms with Crippen molar-refractivity contribution in [2.24, 2.45) is 0 Å². The molecule has 5 heteroatoms. The van der Waals surface area contributed by atoms with E-state index < -0.39 is 0 Å². The van der Waals surface area contributed by atoms with Crippen molar-refractivity contribution < 1.29 is 9.59 Å². The molecule has 2 aromatic carbocycles. The zero-order chi connectivity index (χ0) is 21.2. The summed E-state index contributed by atoms with van der Waals surface area (Å²) in [6.45, 7) is 0. The Balaban J connectivity index is 1.58. The maximum absolute atomic E-state index is 12.8. The zero-order valence-corrected chi connectivity index (χ0v) is 18.0. The van der Waals surface area contributed by atoms with E-state index in [9.17, 15) is 9.59 Å². The van der Waals surface area contributed by atoms with E-state index in [1.54, 1.807) is 18.2 Å². The van der Waals surface area contributed by atoms with E-state index in [1.807, 2.05) is 30.3 Å². The van der Waals surface area contributed by atoms with Crippen molar-refractivity contribution in [3.8, 4) is 12.3 Å². The molecular weight excluding hydrogens is 392 g/mol. The van der Waals surface area contributed by atoms with Crippen LogP contribution in [0.15, 0.2) is 53.4 Å². The maximum Gasteiger partial charge on any atom is 0.256 e. The number of hydrogen-bond donors (Lipinski definition) is 2. The van der Waals surface area contributed by atoms with Crippen LogP contribution in [0.4, 0.5) is 5.69 Å². The molecule has 1 aliphatic carbocycles. The van der Waals surface area contributed by atoms with Crippen LogP contribution in [0, 0.1) is 12.3 Å². The second-order valence-electron chi connectivity index (χ2n) is 7.57. The minimum atomic E-state index is -0.215. The largest absolute Gasteiger partial charge is 0.353 e. The quantitative estimate of drug-likeness (QED) is 0.496. The zero-order valence-electron chi connectivity index (χ0n) is 17.2. The van der Waals surface area contributed by atoms with Gasteiger partial charge >= 0.3 is 0 Å². The molecule has 0 saturated heterocycles. The maximum atomic E-state index is 12.8. The number of thioether (sulfide) groups is 1. The number of carbonyl (C=O) groups excluding carboxylic acids is 2. The van der Waals surface area contributed by atoms with E-state index in [0.717, 1.165) is 17.7 Å². The molecule has 3 rings (SSSR count). The molecule has 30 heavy (non-hydrogen) atoms. The van der Waals surface area contributed by atoms with Crippen molar-refractivity contribution in [2.45, 2.75) is 55.9 Å². The Hall–Kier alpha value is -2.71. The molecular formula is C25H28N2O2S. The molecule has 1 saturated carbocycles. The first-order valence-corrected chi connectivity index (χ1v) is 11.5. The smallest absolute Gasteiger partial charge is 0.256 e. The molecule has 1 aliphatic rings. The Labute approximate surface area is 183 Å². The first-order valence-electron chi connectivity index (χ1n) is 10.5. The molecule has 0 spiro atoms. The summed E-state index contributed by atoms with van der Waals surface area (Å²) in [5, 5.41) is 6.07. The summed E-state index contributed by atoms with van der Waals surface area (Å²) in [7, 11) is 0. The van der Waals surface area contributed by atoms with Gasteiger partial charge in [0.05, 0.1) is 11.3 Å². The third kappa shape index (κ3) is 6.67. The predicted octanol–water partition coefficient (Wildman–Crippen LogP) is 5.24. The fourth-order valence-corrected chi connectivity index (χ4v) is 4.54. The minimum Gasteiger partial charge on any atom is -0.353 e. The van der Waals surface area contributed by atoms with Gasteiger partial charge in [-0.05, 0) is 43.2 Å². The van der Waals surface area contributed by atoms with Crippen LogP contribution in [0.3, 0.4) is 0 Å². The van der Waals surface area contributed by atoms with E-state index in [-0.39, 0.29) is 17.9 Å². The average Bonchev–Trinajstić information content (AvgIpc) is 2.74. The third-order valence-corrected chi connectivity index (χ3v) is 6.32. The first kappa shape index (κ1) is 22.0. The number of nitrogens with one attached hydrogen (secondary N) is 2. The van der Waals surface area contributed by atoms with E-state index in [2.05, 4.69) is 16.6 Å². The van der Waals surface area contributed by atoms with Crippen LogP contribution in [0.1, 0.15) is 60.9 Å². The highest BCUT2D eigenvalue weighted by atomic mass is 32.2. The van der Waals surface area contributed by atoms with Crippen LogP contribution in [0.25, 0.3) is 0 Å². The van der Waals surface area contributed by atoms with Gasteiger partial charge < -0.3 is 10.6 Å². The van der Waals surface area contributed by atoms with E-state index in [4.69, 9.17) is 6.42 Å². The number of terminal acetylenes is 1. The van der Waals surface area contributed by atoms with Crippen LogP contribution in [-0.4, -0.2) is 23.6 Å². The molecule has 4 nitrogen and oxygen atoms in total. The molecule has 0 aromatic heterocycles. The summed E-state index contributed by atoms with van der Waals surface area (Å²) in [6, 6.07) is 14.8. The fraction of sp³-hybridized carbons (Fsp3) is 0.360. The van der Waals surface area contributed by atoms with Crippen molar-refractivity contribution in [2.75, 3.05) is 11.1 Å². The highest BCUT2D eigenvalue weighted by Crippen LogP contribution is 2.24. The lowest BCUT2D eigenvalue weighted by Gasteiger charge is -2.21. The molecule has 0 bridgehead atoms.